The summed E-state index contributed by atoms with van der Waals surface area (Å²) in [4.78, 5) is 17.5. The van der Waals surface area contributed by atoms with Crippen LogP contribution in [0.4, 0.5) is 5.69 Å². The van der Waals surface area contributed by atoms with Crippen molar-refractivity contribution in [1.82, 2.24) is 5.32 Å². The van der Waals surface area contributed by atoms with Gasteiger partial charge in [-0.2, -0.15) is 0 Å². The normalized spacial score (nSPS) is 16.0. The van der Waals surface area contributed by atoms with Crippen LogP contribution in [0, 0.1) is 3.57 Å². The molecule has 0 radical (unpaired) electrons. The summed E-state index contributed by atoms with van der Waals surface area (Å²) in [5.41, 5.74) is 2.77. The molecule has 1 amide bonds. The second-order valence-corrected chi connectivity index (χ2v) is 10.5. The topological polar surface area (TPSA) is 50.7 Å². The maximum Gasteiger partial charge on any atom is 0.264 e. The molecule has 4 nitrogen and oxygen atoms in total. The number of nitrogens with one attached hydrogen (secondary N) is 1. The average Bonchev–Trinajstić information content (AvgIpc) is 3.06. The fourth-order valence-corrected chi connectivity index (χ4v) is 5.64. The van der Waals surface area contributed by atoms with Gasteiger partial charge in [0.15, 0.2) is 5.17 Å². The first kappa shape index (κ1) is 22.6. The molecule has 31 heavy (non-hydrogen) atoms. The second-order valence-electron chi connectivity index (χ2n) is 6.55. The fraction of sp³-hybridized carbons (Fsp3) is 0.0435. The maximum atomic E-state index is 12.4. The standard InChI is InChI=1S/C23H15Br2IN2O2S/c24-18-9-15(10-19(25)21(18)30-13-14-5-2-1-3-6-14)11-20-22(29)28-23(31-20)27-17-8-4-7-16(26)12-17/h1-12H,13H2,(H,27,28,29)/b20-11+. The molecule has 0 saturated carbocycles. The van der Waals surface area contributed by atoms with E-state index in [1.54, 1.807) is 0 Å². The van der Waals surface area contributed by atoms with Gasteiger partial charge in [-0.15, -0.1) is 0 Å². The fourth-order valence-electron chi connectivity index (χ4n) is 2.83. The van der Waals surface area contributed by atoms with Gasteiger partial charge in [0, 0.05) is 3.57 Å². The molecule has 1 aliphatic heterocycles. The van der Waals surface area contributed by atoms with Crippen molar-refractivity contribution in [3.05, 3.63) is 95.3 Å². The van der Waals surface area contributed by atoms with Crippen LogP contribution < -0.4 is 10.1 Å². The third-order valence-electron chi connectivity index (χ3n) is 4.23. The van der Waals surface area contributed by atoms with Crippen LogP contribution >= 0.6 is 66.2 Å². The summed E-state index contributed by atoms with van der Waals surface area (Å²) >= 11 is 10.7. The van der Waals surface area contributed by atoms with Crippen LogP contribution in [0.15, 0.2) is 85.6 Å². The third-order valence-corrected chi connectivity index (χ3v) is 6.99. The number of halogens is 3. The number of rotatable bonds is 5. The number of carbonyl (C=O) groups excluding carboxylic acids is 1. The molecule has 1 fully saturated rings. The number of benzene rings is 3. The molecule has 0 unspecified atom stereocenters. The molecule has 1 saturated heterocycles. The lowest BCUT2D eigenvalue weighted by atomic mass is 10.2. The molecule has 3 aromatic carbocycles. The van der Waals surface area contributed by atoms with E-state index in [9.17, 15) is 4.79 Å². The van der Waals surface area contributed by atoms with Crippen molar-refractivity contribution in [2.24, 2.45) is 4.99 Å². The molecule has 0 atom stereocenters. The molecule has 156 valence electrons. The predicted octanol–water partition coefficient (Wildman–Crippen LogP) is 7.29. The van der Waals surface area contributed by atoms with Gasteiger partial charge in [0.05, 0.1) is 19.5 Å². The van der Waals surface area contributed by atoms with E-state index in [2.05, 4.69) is 64.8 Å². The molecule has 0 aliphatic carbocycles. The first-order valence-corrected chi connectivity index (χ1v) is 12.7. The monoisotopic (exact) mass is 668 g/mol. The molecule has 1 heterocycles. The Balaban J connectivity index is 1.51. The molecule has 1 N–H and O–H groups in total. The van der Waals surface area contributed by atoms with Crippen LogP contribution in [-0.4, -0.2) is 11.1 Å². The van der Waals surface area contributed by atoms with Gasteiger partial charge in [-0.25, -0.2) is 4.99 Å². The van der Waals surface area contributed by atoms with Gasteiger partial charge < -0.3 is 10.1 Å². The van der Waals surface area contributed by atoms with Crippen molar-refractivity contribution in [3.63, 3.8) is 0 Å². The predicted molar refractivity (Wildman–Crippen MR) is 143 cm³/mol. The van der Waals surface area contributed by atoms with Gasteiger partial charge in [0.1, 0.15) is 12.4 Å². The number of hydrogen-bond acceptors (Lipinski definition) is 4. The Labute approximate surface area is 215 Å². The number of aliphatic imine (C=N–C) groups is 1. The molecule has 3 aromatic rings. The van der Waals surface area contributed by atoms with E-state index in [-0.39, 0.29) is 5.91 Å². The van der Waals surface area contributed by atoms with Gasteiger partial charge in [-0.05, 0) is 114 Å². The minimum absolute atomic E-state index is 0.161. The van der Waals surface area contributed by atoms with Crippen LogP contribution in [0.5, 0.6) is 5.75 Å². The molecule has 0 aromatic heterocycles. The average molecular weight is 670 g/mol. The van der Waals surface area contributed by atoms with Crippen molar-refractivity contribution >= 4 is 89.1 Å². The van der Waals surface area contributed by atoms with Crippen molar-refractivity contribution in [2.45, 2.75) is 6.61 Å². The summed E-state index contributed by atoms with van der Waals surface area (Å²) in [6.45, 7) is 0.467. The second kappa shape index (κ2) is 10.3. The lowest BCUT2D eigenvalue weighted by Gasteiger charge is -2.11. The molecular weight excluding hydrogens is 655 g/mol. The number of hydrogen-bond donors (Lipinski definition) is 1. The molecule has 1 aliphatic rings. The Kier molecular flexibility index (Phi) is 7.52. The molecule has 0 spiro atoms. The van der Waals surface area contributed by atoms with Crippen LogP contribution in [-0.2, 0) is 11.4 Å². The van der Waals surface area contributed by atoms with Crippen molar-refractivity contribution in [2.75, 3.05) is 0 Å². The van der Waals surface area contributed by atoms with Gasteiger partial charge >= 0.3 is 0 Å². The first-order chi connectivity index (χ1) is 15.0. The van der Waals surface area contributed by atoms with Crippen molar-refractivity contribution in [1.29, 1.82) is 0 Å². The van der Waals surface area contributed by atoms with Gasteiger partial charge in [0.2, 0.25) is 0 Å². The number of amidine groups is 1. The molecule has 0 bridgehead atoms. The van der Waals surface area contributed by atoms with E-state index < -0.39 is 0 Å². The number of thioether (sulfide) groups is 1. The summed E-state index contributed by atoms with van der Waals surface area (Å²) in [7, 11) is 0. The van der Waals surface area contributed by atoms with Crippen molar-refractivity contribution in [3.8, 4) is 5.75 Å². The summed E-state index contributed by atoms with van der Waals surface area (Å²) < 4.78 is 8.68. The maximum absolute atomic E-state index is 12.4. The van der Waals surface area contributed by atoms with E-state index in [4.69, 9.17) is 4.74 Å². The van der Waals surface area contributed by atoms with E-state index in [0.717, 1.165) is 35.1 Å². The highest BCUT2D eigenvalue weighted by atomic mass is 127. The summed E-state index contributed by atoms with van der Waals surface area (Å²) in [5.74, 6) is 0.557. The first-order valence-electron chi connectivity index (χ1n) is 9.19. The summed E-state index contributed by atoms with van der Waals surface area (Å²) in [6, 6.07) is 21.7. The van der Waals surface area contributed by atoms with E-state index in [1.807, 2.05) is 72.8 Å². The van der Waals surface area contributed by atoms with Gasteiger partial charge in [0.25, 0.3) is 5.91 Å². The Morgan fingerprint density at radius 3 is 2.48 bits per heavy atom. The van der Waals surface area contributed by atoms with Crippen LogP contribution in [0.1, 0.15) is 11.1 Å². The van der Waals surface area contributed by atoms with Crippen LogP contribution in [0.2, 0.25) is 0 Å². The lowest BCUT2D eigenvalue weighted by molar-refractivity contribution is -0.115. The SMILES string of the molecule is O=C1NC(=Nc2cccc(I)c2)S/C1=C/c1cc(Br)c(OCc2ccccc2)c(Br)c1. The largest absolute Gasteiger partial charge is 0.487 e. The zero-order valence-corrected chi connectivity index (χ0v) is 22.1. The zero-order chi connectivity index (χ0) is 21.8. The smallest absolute Gasteiger partial charge is 0.264 e. The van der Waals surface area contributed by atoms with E-state index in [0.29, 0.717) is 16.7 Å². The number of amides is 1. The van der Waals surface area contributed by atoms with E-state index >= 15 is 0 Å². The Morgan fingerprint density at radius 2 is 1.77 bits per heavy atom. The Bertz CT molecular complexity index is 1180. The van der Waals surface area contributed by atoms with Crippen LogP contribution in [0.3, 0.4) is 0 Å². The van der Waals surface area contributed by atoms with Crippen molar-refractivity contribution < 1.29 is 9.53 Å². The number of carbonyl (C=O) groups is 1. The minimum Gasteiger partial charge on any atom is -0.487 e. The molecule has 8 heteroatoms. The van der Waals surface area contributed by atoms with Gasteiger partial charge in [-0.1, -0.05) is 36.4 Å². The Hall–Kier alpha value is -1.62. The van der Waals surface area contributed by atoms with Crippen LogP contribution in [0.25, 0.3) is 6.08 Å². The zero-order valence-electron chi connectivity index (χ0n) is 15.9. The van der Waals surface area contributed by atoms with Gasteiger partial charge in [-0.3, -0.25) is 4.79 Å². The highest BCUT2D eigenvalue weighted by Gasteiger charge is 2.24. The highest BCUT2D eigenvalue weighted by molar-refractivity contribution is 14.1. The Morgan fingerprint density at radius 1 is 1.03 bits per heavy atom. The number of ether oxygens (including phenoxy) is 1. The molecule has 4 rings (SSSR count). The summed E-state index contributed by atoms with van der Waals surface area (Å²) in [6.07, 6.45) is 1.84. The summed E-state index contributed by atoms with van der Waals surface area (Å²) in [5, 5.41) is 3.40. The number of nitrogens with zero attached hydrogens (tertiary/aromatic N) is 1. The quantitative estimate of drug-likeness (QED) is 0.229. The lowest BCUT2D eigenvalue weighted by Crippen LogP contribution is -2.19. The third kappa shape index (κ3) is 6.00. The minimum atomic E-state index is -0.161. The highest BCUT2D eigenvalue weighted by Crippen LogP contribution is 2.37. The molecular formula is C23H15Br2IN2O2S. The van der Waals surface area contributed by atoms with E-state index in [1.165, 1.54) is 11.8 Å².